The summed E-state index contributed by atoms with van der Waals surface area (Å²) in [7, 11) is 1.87. The van der Waals surface area contributed by atoms with Gasteiger partial charge in [0.05, 0.1) is 25.9 Å². The Labute approximate surface area is 181 Å². The minimum absolute atomic E-state index is 0. The first kappa shape index (κ1) is 23.1. The number of morpholine rings is 2. The van der Waals surface area contributed by atoms with Crippen molar-refractivity contribution < 1.29 is 14.2 Å². The molecule has 0 saturated carbocycles. The lowest BCUT2D eigenvalue weighted by Gasteiger charge is -2.39. The average molecular weight is 496 g/mol. The second kappa shape index (κ2) is 11.7. The summed E-state index contributed by atoms with van der Waals surface area (Å²) in [4.78, 5) is 9.41. The topological polar surface area (TPSA) is 58.6 Å². The van der Waals surface area contributed by atoms with Gasteiger partial charge >= 0.3 is 0 Å². The lowest BCUT2D eigenvalue weighted by atomic mass is 10.0. The van der Waals surface area contributed by atoms with Gasteiger partial charge in [-0.05, 0) is 18.8 Å². The molecule has 3 atom stereocenters. The van der Waals surface area contributed by atoms with E-state index in [2.05, 4.69) is 34.0 Å². The van der Waals surface area contributed by atoms with Crippen LogP contribution in [0.5, 0.6) is 0 Å². The van der Waals surface area contributed by atoms with Crippen LogP contribution in [0.4, 0.5) is 0 Å². The van der Waals surface area contributed by atoms with Crippen molar-refractivity contribution in [2.45, 2.75) is 44.9 Å². The SMILES string of the molecule is CN=C(NCC(C(C)C)N1CCOCC1)N1CCOC(C2CCCO2)C1.I. The van der Waals surface area contributed by atoms with Gasteiger partial charge in [-0.15, -0.1) is 24.0 Å². The third kappa shape index (κ3) is 6.42. The van der Waals surface area contributed by atoms with E-state index in [0.717, 1.165) is 78.0 Å². The number of ether oxygens (including phenoxy) is 3. The molecule has 3 saturated heterocycles. The molecule has 158 valence electrons. The molecule has 0 aliphatic carbocycles. The number of guanidine groups is 1. The maximum atomic E-state index is 5.97. The van der Waals surface area contributed by atoms with Crippen molar-refractivity contribution in [1.29, 1.82) is 0 Å². The van der Waals surface area contributed by atoms with E-state index in [1.54, 1.807) is 0 Å². The molecule has 8 heteroatoms. The highest BCUT2D eigenvalue weighted by molar-refractivity contribution is 14.0. The summed E-state index contributed by atoms with van der Waals surface area (Å²) in [5, 5.41) is 3.63. The second-order valence-corrected chi connectivity index (χ2v) is 7.79. The van der Waals surface area contributed by atoms with Gasteiger partial charge in [0.2, 0.25) is 0 Å². The third-order valence-electron chi connectivity index (χ3n) is 5.74. The van der Waals surface area contributed by atoms with Crippen LogP contribution in [0.3, 0.4) is 0 Å². The molecule has 0 radical (unpaired) electrons. The molecule has 3 heterocycles. The lowest BCUT2D eigenvalue weighted by Crippen LogP contribution is -2.56. The third-order valence-corrected chi connectivity index (χ3v) is 5.74. The van der Waals surface area contributed by atoms with E-state index >= 15 is 0 Å². The molecule has 1 N–H and O–H groups in total. The Morgan fingerprint density at radius 1 is 1.07 bits per heavy atom. The van der Waals surface area contributed by atoms with Crippen LogP contribution in [0, 0.1) is 5.92 Å². The van der Waals surface area contributed by atoms with Crippen LogP contribution >= 0.6 is 24.0 Å². The predicted octanol–water partition coefficient (Wildman–Crippen LogP) is 1.42. The number of rotatable bonds is 5. The number of nitrogens with zero attached hydrogens (tertiary/aromatic N) is 3. The fourth-order valence-corrected chi connectivity index (χ4v) is 4.21. The van der Waals surface area contributed by atoms with Crippen LogP contribution in [0.2, 0.25) is 0 Å². The summed E-state index contributed by atoms with van der Waals surface area (Å²) in [6.07, 6.45) is 2.65. The number of hydrogen-bond acceptors (Lipinski definition) is 5. The number of halogens is 1. The number of hydrogen-bond donors (Lipinski definition) is 1. The maximum absolute atomic E-state index is 5.97. The quantitative estimate of drug-likeness (QED) is 0.353. The Hall–Kier alpha value is -0.160. The highest BCUT2D eigenvalue weighted by Crippen LogP contribution is 2.21. The van der Waals surface area contributed by atoms with Crippen LogP contribution in [-0.4, -0.2) is 100 Å². The fourth-order valence-electron chi connectivity index (χ4n) is 4.21. The molecule has 3 rings (SSSR count). The van der Waals surface area contributed by atoms with E-state index in [1.807, 2.05) is 7.05 Å². The van der Waals surface area contributed by atoms with Crippen molar-refractivity contribution in [3.05, 3.63) is 0 Å². The summed E-state index contributed by atoms with van der Waals surface area (Å²) in [5.41, 5.74) is 0. The molecule has 0 aromatic rings. The second-order valence-electron chi connectivity index (χ2n) is 7.79. The first-order valence-corrected chi connectivity index (χ1v) is 10.2. The zero-order valence-electron chi connectivity index (χ0n) is 17.1. The summed E-state index contributed by atoms with van der Waals surface area (Å²) in [6, 6.07) is 0.491. The average Bonchev–Trinajstić information content (AvgIpc) is 3.21. The summed E-state index contributed by atoms with van der Waals surface area (Å²) >= 11 is 0. The molecule has 0 bridgehead atoms. The molecule has 3 fully saturated rings. The van der Waals surface area contributed by atoms with Crippen molar-refractivity contribution in [2.24, 2.45) is 10.9 Å². The van der Waals surface area contributed by atoms with E-state index in [-0.39, 0.29) is 36.2 Å². The molecule has 3 aliphatic rings. The van der Waals surface area contributed by atoms with E-state index in [9.17, 15) is 0 Å². The van der Waals surface area contributed by atoms with E-state index < -0.39 is 0 Å². The molecular weight excluding hydrogens is 459 g/mol. The largest absolute Gasteiger partial charge is 0.379 e. The van der Waals surface area contributed by atoms with Gasteiger partial charge in [0.15, 0.2) is 5.96 Å². The number of aliphatic imine (C=N–C) groups is 1. The molecule has 27 heavy (non-hydrogen) atoms. The smallest absolute Gasteiger partial charge is 0.193 e. The summed E-state index contributed by atoms with van der Waals surface area (Å²) < 4.78 is 17.3. The standard InChI is InChI=1S/C19H36N4O3.HI/c1-15(2)16(22-6-10-24-11-7-22)13-21-19(20-3)23-8-12-26-18(14-23)17-5-4-9-25-17;/h15-18H,4-14H2,1-3H3,(H,20,21);1H. The van der Waals surface area contributed by atoms with Crippen molar-refractivity contribution in [1.82, 2.24) is 15.1 Å². The van der Waals surface area contributed by atoms with Gasteiger partial charge in [0, 0.05) is 52.4 Å². The Morgan fingerprint density at radius 3 is 2.44 bits per heavy atom. The van der Waals surface area contributed by atoms with E-state index in [4.69, 9.17) is 14.2 Å². The van der Waals surface area contributed by atoms with E-state index in [0.29, 0.717) is 12.0 Å². The summed E-state index contributed by atoms with van der Waals surface area (Å²) in [6.45, 7) is 12.6. The van der Waals surface area contributed by atoms with Crippen molar-refractivity contribution in [3.8, 4) is 0 Å². The highest BCUT2D eigenvalue weighted by atomic mass is 127. The minimum atomic E-state index is 0. The van der Waals surface area contributed by atoms with Crippen molar-refractivity contribution in [3.63, 3.8) is 0 Å². The van der Waals surface area contributed by atoms with Gasteiger partial charge in [-0.3, -0.25) is 9.89 Å². The van der Waals surface area contributed by atoms with Crippen LogP contribution in [0.25, 0.3) is 0 Å². The van der Waals surface area contributed by atoms with Gasteiger partial charge in [-0.25, -0.2) is 0 Å². The monoisotopic (exact) mass is 496 g/mol. The minimum Gasteiger partial charge on any atom is -0.379 e. The molecule has 0 aromatic carbocycles. The Bertz CT molecular complexity index is 454. The Morgan fingerprint density at radius 2 is 1.81 bits per heavy atom. The van der Waals surface area contributed by atoms with Crippen molar-refractivity contribution in [2.75, 3.05) is 66.2 Å². The molecular formula is C19H37IN4O3. The van der Waals surface area contributed by atoms with Gasteiger partial charge in [-0.2, -0.15) is 0 Å². The first-order chi connectivity index (χ1) is 12.7. The summed E-state index contributed by atoms with van der Waals surface area (Å²) in [5.74, 6) is 1.57. The molecule has 0 amide bonds. The fraction of sp³-hybridized carbons (Fsp3) is 0.947. The van der Waals surface area contributed by atoms with Crippen LogP contribution in [0.15, 0.2) is 4.99 Å². The zero-order valence-corrected chi connectivity index (χ0v) is 19.4. The van der Waals surface area contributed by atoms with Crippen LogP contribution in [0.1, 0.15) is 26.7 Å². The van der Waals surface area contributed by atoms with Gasteiger partial charge in [0.25, 0.3) is 0 Å². The zero-order chi connectivity index (χ0) is 18.4. The Kier molecular flexibility index (Phi) is 10.1. The van der Waals surface area contributed by atoms with Gasteiger partial charge < -0.3 is 24.4 Å². The normalized spacial score (nSPS) is 28.9. The first-order valence-electron chi connectivity index (χ1n) is 10.2. The molecule has 3 unspecified atom stereocenters. The van der Waals surface area contributed by atoms with Crippen molar-refractivity contribution >= 4 is 29.9 Å². The highest BCUT2D eigenvalue weighted by Gasteiger charge is 2.32. The lowest BCUT2D eigenvalue weighted by molar-refractivity contribution is -0.0817. The van der Waals surface area contributed by atoms with Crippen LogP contribution in [-0.2, 0) is 14.2 Å². The predicted molar refractivity (Wildman–Crippen MR) is 118 cm³/mol. The molecule has 0 aromatic heterocycles. The van der Waals surface area contributed by atoms with Gasteiger partial charge in [0.1, 0.15) is 6.10 Å². The molecule has 7 nitrogen and oxygen atoms in total. The molecule has 3 aliphatic heterocycles. The Balaban J connectivity index is 0.00000261. The van der Waals surface area contributed by atoms with Crippen LogP contribution < -0.4 is 5.32 Å². The maximum Gasteiger partial charge on any atom is 0.193 e. The van der Waals surface area contributed by atoms with Gasteiger partial charge in [-0.1, -0.05) is 13.8 Å². The van der Waals surface area contributed by atoms with E-state index in [1.165, 1.54) is 0 Å². The number of nitrogens with one attached hydrogen (secondary N) is 1. The molecule has 0 spiro atoms.